The third-order valence-electron chi connectivity index (χ3n) is 2.98. The Balaban J connectivity index is 2.42. The minimum atomic E-state index is -0.0559. The molecule has 2 nitrogen and oxygen atoms in total. The molecule has 0 aliphatic carbocycles. The average Bonchev–Trinajstić information content (AvgIpc) is 2.58. The summed E-state index contributed by atoms with van der Waals surface area (Å²) in [6, 6.07) is 7.88. The zero-order valence-electron chi connectivity index (χ0n) is 10.5. The molecule has 1 unspecified atom stereocenters. The van der Waals surface area contributed by atoms with Crippen LogP contribution in [-0.4, -0.2) is 6.04 Å². The molecule has 1 aromatic heterocycles. The molecule has 1 aromatic carbocycles. The minimum Gasteiger partial charge on any atom is -0.461 e. The number of benzene rings is 1. The first-order valence-corrected chi connectivity index (χ1v) is 6.21. The fourth-order valence-corrected chi connectivity index (χ4v) is 2.43. The van der Waals surface area contributed by atoms with E-state index < -0.39 is 0 Å². The monoisotopic (exact) mass is 251 g/mol. The third kappa shape index (κ3) is 2.64. The Morgan fingerprint density at radius 2 is 2.06 bits per heavy atom. The molecule has 0 aliphatic heterocycles. The molecule has 0 spiro atoms. The fourth-order valence-electron chi connectivity index (χ4n) is 2.25. The van der Waals surface area contributed by atoms with Crippen LogP contribution in [0.5, 0.6) is 0 Å². The molecular weight excluding hydrogens is 234 g/mol. The van der Waals surface area contributed by atoms with Crippen molar-refractivity contribution in [2.24, 2.45) is 5.73 Å². The molecule has 0 amide bonds. The van der Waals surface area contributed by atoms with E-state index in [2.05, 4.69) is 19.9 Å². The van der Waals surface area contributed by atoms with Crippen LogP contribution in [0.3, 0.4) is 0 Å². The number of rotatable bonds is 3. The second-order valence-electron chi connectivity index (χ2n) is 5.36. The van der Waals surface area contributed by atoms with Crippen LogP contribution in [0, 0.1) is 0 Å². The molecule has 3 heteroatoms. The van der Waals surface area contributed by atoms with Crippen molar-refractivity contribution in [3.8, 4) is 0 Å². The lowest BCUT2D eigenvalue weighted by Crippen LogP contribution is -2.27. The summed E-state index contributed by atoms with van der Waals surface area (Å²) in [7, 11) is 0. The number of fused-ring (bicyclic) bond motifs is 1. The van der Waals surface area contributed by atoms with Crippen molar-refractivity contribution >= 4 is 22.6 Å². The number of hydrogen-bond acceptors (Lipinski definition) is 2. The molecule has 0 aliphatic rings. The van der Waals surface area contributed by atoms with Crippen LogP contribution in [0.15, 0.2) is 28.7 Å². The van der Waals surface area contributed by atoms with Crippen LogP contribution < -0.4 is 5.73 Å². The van der Waals surface area contributed by atoms with Crippen molar-refractivity contribution in [1.29, 1.82) is 0 Å². The van der Waals surface area contributed by atoms with Gasteiger partial charge in [0.15, 0.2) is 0 Å². The summed E-state index contributed by atoms with van der Waals surface area (Å²) < 4.78 is 5.87. The van der Waals surface area contributed by atoms with Crippen LogP contribution in [-0.2, 0) is 5.41 Å². The Labute approximate surface area is 107 Å². The second-order valence-corrected chi connectivity index (χ2v) is 5.79. The van der Waals surface area contributed by atoms with Gasteiger partial charge in [-0.3, -0.25) is 0 Å². The topological polar surface area (TPSA) is 39.2 Å². The van der Waals surface area contributed by atoms with Gasteiger partial charge in [-0.1, -0.05) is 25.4 Å². The predicted molar refractivity (Wildman–Crippen MR) is 72.5 cm³/mol. The Morgan fingerprint density at radius 1 is 1.35 bits per heavy atom. The van der Waals surface area contributed by atoms with Crippen molar-refractivity contribution in [2.75, 3.05) is 0 Å². The van der Waals surface area contributed by atoms with Crippen LogP contribution >= 0.6 is 11.6 Å². The maximum absolute atomic E-state index is 5.96. The predicted octanol–water partition coefficient (Wildman–Crippen LogP) is 4.10. The zero-order chi connectivity index (χ0) is 12.6. The molecule has 0 saturated carbocycles. The Bertz CT molecular complexity index is 528. The van der Waals surface area contributed by atoms with Gasteiger partial charge in [0, 0.05) is 21.9 Å². The largest absolute Gasteiger partial charge is 0.461 e. The van der Waals surface area contributed by atoms with E-state index in [-0.39, 0.29) is 11.5 Å². The molecule has 0 radical (unpaired) electrons. The molecule has 2 rings (SSSR count). The van der Waals surface area contributed by atoms with E-state index in [1.165, 1.54) is 0 Å². The van der Waals surface area contributed by atoms with Gasteiger partial charge in [-0.15, -0.1) is 0 Å². The van der Waals surface area contributed by atoms with Gasteiger partial charge in [-0.05, 0) is 37.6 Å². The smallest absolute Gasteiger partial charge is 0.134 e. The quantitative estimate of drug-likeness (QED) is 0.892. The normalized spacial score (nSPS) is 14.2. The summed E-state index contributed by atoms with van der Waals surface area (Å²) >= 11 is 5.96. The highest BCUT2D eigenvalue weighted by atomic mass is 35.5. The summed E-state index contributed by atoms with van der Waals surface area (Å²) in [5.41, 5.74) is 6.69. The van der Waals surface area contributed by atoms with E-state index in [4.69, 9.17) is 21.8 Å². The maximum Gasteiger partial charge on any atom is 0.134 e. The Hall–Kier alpha value is -0.990. The molecular formula is C14H18ClNO. The van der Waals surface area contributed by atoms with Crippen LogP contribution in [0.2, 0.25) is 5.02 Å². The summed E-state index contributed by atoms with van der Waals surface area (Å²) in [5, 5.41) is 1.78. The van der Waals surface area contributed by atoms with Gasteiger partial charge >= 0.3 is 0 Å². The minimum absolute atomic E-state index is 0.0559. The van der Waals surface area contributed by atoms with E-state index in [1.807, 2.05) is 25.1 Å². The summed E-state index contributed by atoms with van der Waals surface area (Å²) in [5.74, 6) is 0.965. The first-order valence-electron chi connectivity index (χ1n) is 5.84. The van der Waals surface area contributed by atoms with Crippen LogP contribution in [0.25, 0.3) is 11.0 Å². The third-order valence-corrected chi connectivity index (χ3v) is 3.21. The Morgan fingerprint density at radius 3 is 2.71 bits per heavy atom. The highest BCUT2D eigenvalue weighted by molar-refractivity contribution is 6.31. The first kappa shape index (κ1) is 12.5. The number of hydrogen-bond donors (Lipinski definition) is 1. The lowest BCUT2D eigenvalue weighted by atomic mass is 9.84. The van der Waals surface area contributed by atoms with Gasteiger partial charge in [-0.25, -0.2) is 0 Å². The van der Waals surface area contributed by atoms with Gasteiger partial charge in [0.2, 0.25) is 0 Å². The Kier molecular flexibility index (Phi) is 3.19. The lowest BCUT2D eigenvalue weighted by Gasteiger charge is -2.23. The van der Waals surface area contributed by atoms with Crippen molar-refractivity contribution in [3.05, 3.63) is 35.0 Å². The van der Waals surface area contributed by atoms with Crippen molar-refractivity contribution in [3.63, 3.8) is 0 Å². The molecule has 0 fully saturated rings. The van der Waals surface area contributed by atoms with Gasteiger partial charge in [0.1, 0.15) is 11.3 Å². The van der Waals surface area contributed by atoms with E-state index in [0.29, 0.717) is 0 Å². The molecule has 2 N–H and O–H groups in total. The highest BCUT2D eigenvalue weighted by Crippen LogP contribution is 2.33. The van der Waals surface area contributed by atoms with Crippen molar-refractivity contribution < 1.29 is 4.42 Å². The zero-order valence-corrected chi connectivity index (χ0v) is 11.2. The lowest BCUT2D eigenvalue weighted by molar-refractivity contribution is 0.358. The fraction of sp³-hybridized carbons (Fsp3) is 0.429. The summed E-state index contributed by atoms with van der Waals surface area (Å²) in [6.45, 7) is 6.31. The first-order chi connectivity index (χ1) is 7.88. The second kappa shape index (κ2) is 4.35. The van der Waals surface area contributed by atoms with Gasteiger partial charge in [0.05, 0.1) is 0 Å². The molecule has 0 bridgehead atoms. The molecule has 0 saturated heterocycles. The average molecular weight is 252 g/mol. The van der Waals surface area contributed by atoms with Crippen LogP contribution in [0.4, 0.5) is 0 Å². The van der Waals surface area contributed by atoms with E-state index >= 15 is 0 Å². The number of halogens is 1. The molecule has 1 atom stereocenters. The highest BCUT2D eigenvalue weighted by Gasteiger charge is 2.26. The van der Waals surface area contributed by atoms with Crippen molar-refractivity contribution in [2.45, 2.75) is 38.6 Å². The maximum atomic E-state index is 5.96. The van der Waals surface area contributed by atoms with Crippen molar-refractivity contribution in [1.82, 2.24) is 0 Å². The van der Waals surface area contributed by atoms with Gasteiger partial charge in [0.25, 0.3) is 0 Å². The molecule has 92 valence electrons. The van der Waals surface area contributed by atoms with E-state index in [9.17, 15) is 0 Å². The molecule has 17 heavy (non-hydrogen) atoms. The summed E-state index contributed by atoms with van der Waals surface area (Å²) in [6.07, 6.45) is 0.889. The summed E-state index contributed by atoms with van der Waals surface area (Å²) in [4.78, 5) is 0. The number of nitrogens with two attached hydrogens (primary N) is 1. The molecule has 1 heterocycles. The standard InChI is InChI=1S/C14H18ClNO/c1-9(16)8-14(2,3)13-7-10-6-11(15)4-5-12(10)17-13/h4-7,9H,8,16H2,1-3H3. The molecule has 2 aromatic rings. The van der Waals surface area contributed by atoms with Crippen LogP contribution in [0.1, 0.15) is 33.0 Å². The van der Waals surface area contributed by atoms with E-state index in [0.717, 1.165) is 28.2 Å². The van der Waals surface area contributed by atoms with Gasteiger partial charge < -0.3 is 10.2 Å². The SMILES string of the molecule is CC(N)CC(C)(C)c1cc2cc(Cl)ccc2o1. The number of furan rings is 1. The van der Waals surface area contributed by atoms with E-state index in [1.54, 1.807) is 0 Å². The van der Waals surface area contributed by atoms with Gasteiger partial charge in [-0.2, -0.15) is 0 Å².